The number of rotatable bonds is 5. The first kappa shape index (κ1) is 14.1. The standard InChI is InChI=1S/C14H22FNO/c1-9(2)14(17-5)13(16-4)11-6-10(3)7-12(15)8-11/h6-9,13-14,16H,1-5H3. The minimum Gasteiger partial charge on any atom is -0.379 e. The summed E-state index contributed by atoms with van der Waals surface area (Å²) in [6.45, 7) is 6.10. The molecule has 0 bridgehead atoms. The van der Waals surface area contributed by atoms with E-state index < -0.39 is 0 Å². The van der Waals surface area contributed by atoms with Gasteiger partial charge in [0.25, 0.3) is 0 Å². The third-order valence-electron chi connectivity index (χ3n) is 2.99. The first-order valence-corrected chi connectivity index (χ1v) is 5.96. The minimum absolute atomic E-state index is 0.00870. The zero-order valence-electron chi connectivity index (χ0n) is 11.3. The van der Waals surface area contributed by atoms with E-state index in [1.165, 1.54) is 6.07 Å². The maximum atomic E-state index is 13.4. The van der Waals surface area contributed by atoms with Gasteiger partial charge < -0.3 is 10.1 Å². The van der Waals surface area contributed by atoms with E-state index in [9.17, 15) is 4.39 Å². The molecule has 0 spiro atoms. The Morgan fingerprint density at radius 3 is 2.29 bits per heavy atom. The molecule has 1 aromatic carbocycles. The lowest BCUT2D eigenvalue weighted by Gasteiger charge is -2.29. The fourth-order valence-electron chi connectivity index (χ4n) is 2.26. The summed E-state index contributed by atoms with van der Waals surface area (Å²) in [4.78, 5) is 0. The third-order valence-corrected chi connectivity index (χ3v) is 2.99. The van der Waals surface area contributed by atoms with Gasteiger partial charge >= 0.3 is 0 Å². The van der Waals surface area contributed by atoms with Crippen molar-refractivity contribution in [2.45, 2.75) is 32.9 Å². The summed E-state index contributed by atoms with van der Waals surface area (Å²) in [7, 11) is 3.57. The quantitative estimate of drug-likeness (QED) is 0.852. The average molecular weight is 239 g/mol. The van der Waals surface area contributed by atoms with E-state index in [2.05, 4.69) is 19.2 Å². The van der Waals surface area contributed by atoms with Crippen molar-refractivity contribution in [2.75, 3.05) is 14.2 Å². The fourth-order valence-corrected chi connectivity index (χ4v) is 2.26. The van der Waals surface area contributed by atoms with Crippen LogP contribution in [0, 0.1) is 18.7 Å². The van der Waals surface area contributed by atoms with Crippen LogP contribution in [0.4, 0.5) is 4.39 Å². The van der Waals surface area contributed by atoms with Crippen LogP contribution in [0.5, 0.6) is 0 Å². The van der Waals surface area contributed by atoms with Gasteiger partial charge in [-0.05, 0) is 43.1 Å². The number of hydrogen-bond donors (Lipinski definition) is 1. The van der Waals surface area contributed by atoms with E-state index in [0.717, 1.165) is 11.1 Å². The molecule has 1 rings (SSSR count). The van der Waals surface area contributed by atoms with Crippen molar-refractivity contribution in [1.82, 2.24) is 5.32 Å². The molecule has 2 unspecified atom stereocenters. The normalized spacial score (nSPS) is 15.0. The molecule has 2 atom stereocenters. The second kappa shape index (κ2) is 6.12. The van der Waals surface area contributed by atoms with Gasteiger partial charge in [-0.2, -0.15) is 0 Å². The molecule has 0 radical (unpaired) electrons. The number of benzene rings is 1. The molecule has 3 heteroatoms. The van der Waals surface area contributed by atoms with Gasteiger partial charge in [0.15, 0.2) is 0 Å². The minimum atomic E-state index is -0.196. The molecule has 0 saturated heterocycles. The van der Waals surface area contributed by atoms with Gasteiger partial charge in [0, 0.05) is 7.11 Å². The van der Waals surface area contributed by atoms with E-state index in [4.69, 9.17) is 4.74 Å². The van der Waals surface area contributed by atoms with Gasteiger partial charge in [-0.25, -0.2) is 4.39 Å². The van der Waals surface area contributed by atoms with Crippen molar-refractivity contribution in [2.24, 2.45) is 5.92 Å². The molecular weight excluding hydrogens is 217 g/mol. The summed E-state index contributed by atoms with van der Waals surface area (Å²) in [6.07, 6.45) is 0.0289. The lowest BCUT2D eigenvalue weighted by atomic mass is 9.92. The van der Waals surface area contributed by atoms with Gasteiger partial charge in [-0.1, -0.05) is 19.9 Å². The van der Waals surface area contributed by atoms with Crippen molar-refractivity contribution in [3.8, 4) is 0 Å². The Kier molecular flexibility index (Phi) is 5.09. The van der Waals surface area contributed by atoms with Crippen LogP contribution >= 0.6 is 0 Å². The Labute approximate surface area is 103 Å². The summed E-state index contributed by atoms with van der Waals surface area (Å²) in [5, 5.41) is 3.21. The molecule has 1 aromatic rings. The van der Waals surface area contributed by atoms with E-state index in [-0.39, 0.29) is 18.0 Å². The molecule has 0 aromatic heterocycles. The number of halogens is 1. The van der Waals surface area contributed by atoms with Crippen molar-refractivity contribution in [1.29, 1.82) is 0 Å². The van der Waals surface area contributed by atoms with Crippen LogP contribution in [0.3, 0.4) is 0 Å². The first-order chi connectivity index (χ1) is 7.99. The lowest BCUT2D eigenvalue weighted by Crippen LogP contribution is -2.34. The Bertz CT molecular complexity index is 345. The van der Waals surface area contributed by atoms with E-state index in [0.29, 0.717) is 5.92 Å². The smallest absolute Gasteiger partial charge is 0.123 e. The van der Waals surface area contributed by atoms with Gasteiger partial charge in [-0.15, -0.1) is 0 Å². The van der Waals surface area contributed by atoms with Gasteiger partial charge in [0.2, 0.25) is 0 Å². The van der Waals surface area contributed by atoms with Crippen molar-refractivity contribution in [3.63, 3.8) is 0 Å². The number of likely N-dealkylation sites (N-methyl/N-ethyl adjacent to an activating group) is 1. The number of ether oxygens (including phenoxy) is 1. The molecule has 0 saturated carbocycles. The first-order valence-electron chi connectivity index (χ1n) is 5.96. The van der Waals surface area contributed by atoms with E-state index in [1.54, 1.807) is 13.2 Å². The molecule has 96 valence electrons. The molecule has 17 heavy (non-hydrogen) atoms. The Morgan fingerprint density at radius 2 is 1.88 bits per heavy atom. The highest BCUT2D eigenvalue weighted by Gasteiger charge is 2.24. The lowest BCUT2D eigenvalue weighted by molar-refractivity contribution is 0.0347. The Balaban J connectivity index is 3.07. The van der Waals surface area contributed by atoms with E-state index in [1.807, 2.05) is 20.0 Å². The van der Waals surface area contributed by atoms with Crippen LogP contribution in [0.15, 0.2) is 18.2 Å². The highest BCUT2D eigenvalue weighted by atomic mass is 19.1. The van der Waals surface area contributed by atoms with Crippen molar-refractivity contribution < 1.29 is 9.13 Å². The number of aryl methyl sites for hydroxylation is 1. The number of methoxy groups -OCH3 is 1. The molecular formula is C14H22FNO. The Hall–Kier alpha value is -0.930. The molecule has 0 amide bonds. The number of nitrogens with one attached hydrogen (secondary N) is 1. The van der Waals surface area contributed by atoms with Gasteiger partial charge in [0.1, 0.15) is 5.82 Å². The molecule has 0 aliphatic heterocycles. The summed E-state index contributed by atoms with van der Waals surface area (Å²) < 4.78 is 18.9. The molecule has 0 fully saturated rings. The fraction of sp³-hybridized carbons (Fsp3) is 0.571. The molecule has 1 N–H and O–H groups in total. The van der Waals surface area contributed by atoms with Gasteiger partial charge in [-0.3, -0.25) is 0 Å². The molecule has 2 nitrogen and oxygen atoms in total. The highest BCUT2D eigenvalue weighted by molar-refractivity contribution is 5.27. The second-order valence-corrected chi connectivity index (χ2v) is 4.77. The van der Waals surface area contributed by atoms with E-state index >= 15 is 0 Å². The van der Waals surface area contributed by atoms with Crippen LogP contribution in [0.25, 0.3) is 0 Å². The van der Waals surface area contributed by atoms with Crippen LogP contribution in [0.2, 0.25) is 0 Å². The topological polar surface area (TPSA) is 21.3 Å². The third kappa shape index (κ3) is 3.51. The average Bonchev–Trinajstić information content (AvgIpc) is 2.23. The summed E-state index contributed by atoms with van der Waals surface area (Å²) in [6, 6.07) is 5.11. The molecule has 0 heterocycles. The van der Waals surface area contributed by atoms with Crippen molar-refractivity contribution >= 4 is 0 Å². The maximum absolute atomic E-state index is 13.4. The SMILES string of the molecule is CNC(c1cc(C)cc(F)c1)C(OC)C(C)C. The van der Waals surface area contributed by atoms with Crippen LogP contribution in [0.1, 0.15) is 31.0 Å². The van der Waals surface area contributed by atoms with Gasteiger partial charge in [0.05, 0.1) is 12.1 Å². The maximum Gasteiger partial charge on any atom is 0.123 e. The second-order valence-electron chi connectivity index (χ2n) is 4.77. The summed E-state index contributed by atoms with van der Waals surface area (Å²) in [5.74, 6) is 0.167. The van der Waals surface area contributed by atoms with Crippen molar-refractivity contribution in [3.05, 3.63) is 35.1 Å². The molecule has 0 aliphatic carbocycles. The summed E-state index contributed by atoms with van der Waals surface area (Å²) in [5.41, 5.74) is 1.87. The Morgan fingerprint density at radius 1 is 1.24 bits per heavy atom. The zero-order valence-corrected chi connectivity index (χ0v) is 11.3. The largest absolute Gasteiger partial charge is 0.379 e. The highest BCUT2D eigenvalue weighted by Crippen LogP contribution is 2.25. The molecule has 0 aliphatic rings. The number of hydrogen-bond acceptors (Lipinski definition) is 2. The van der Waals surface area contributed by atoms with Crippen LogP contribution < -0.4 is 5.32 Å². The van der Waals surface area contributed by atoms with Crippen LogP contribution in [-0.4, -0.2) is 20.3 Å². The predicted octanol–water partition coefficient (Wildman–Crippen LogP) is 3.07. The predicted molar refractivity (Wildman–Crippen MR) is 68.6 cm³/mol. The zero-order chi connectivity index (χ0) is 13.0. The summed E-state index contributed by atoms with van der Waals surface area (Å²) >= 11 is 0. The van der Waals surface area contributed by atoms with Crippen LogP contribution in [-0.2, 0) is 4.74 Å². The monoisotopic (exact) mass is 239 g/mol.